The largest absolute Gasteiger partial charge is 0.318 e. The van der Waals surface area contributed by atoms with Crippen LogP contribution >= 0.6 is 38.9 Å². The Balaban J connectivity index is 2.27. The molecule has 6 heteroatoms. The van der Waals surface area contributed by atoms with Gasteiger partial charge in [0.1, 0.15) is 0 Å². The molecule has 2 aromatic heterocycles. The van der Waals surface area contributed by atoms with E-state index in [4.69, 9.17) is 11.6 Å². The molecule has 0 atom stereocenters. The van der Waals surface area contributed by atoms with E-state index >= 15 is 0 Å². The van der Waals surface area contributed by atoms with Gasteiger partial charge in [-0.1, -0.05) is 11.6 Å². The van der Waals surface area contributed by atoms with Crippen molar-refractivity contribution in [3.05, 3.63) is 43.3 Å². The molecule has 2 aromatic rings. The van der Waals surface area contributed by atoms with E-state index < -0.39 is 0 Å². The summed E-state index contributed by atoms with van der Waals surface area (Å²) in [4.78, 5) is 16.7. The van der Waals surface area contributed by atoms with E-state index in [9.17, 15) is 4.79 Å². The Morgan fingerprint density at radius 2 is 2.17 bits per heavy atom. The zero-order valence-electron chi connectivity index (χ0n) is 9.75. The molecule has 1 amide bonds. The molecule has 0 radical (unpaired) electrons. The molecule has 1 N–H and O–H groups in total. The Morgan fingerprint density at radius 3 is 2.72 bits per heavy atom. The van der Waals surface area contributed by atoms with Crippen molar-refractivity contribution in [1.82, 2.24) is 4.98 Å². The minimum absolute atomic E-state index is 0.174. The lowest BCUT2D eigenvalue weighted by Gasteiger charge is -2.08. The summed E-state index contributed by atoms with van der Waals surface area (Å²) >= 11 is 10.8. The molecule has 0 saturated heterocycles. The van der Waals surface area contributed by atoms with Gasteiger partial charge < -0.3 is 5.32 Å². The number of nitrogens with zero attached hydrogens (tertiary/aromatic N) is 1. The van der Waals surface area contributed by atoms with Gasteiger partial charge in [-0.15, -0.1) is 11.3 Å². The first-order valence-electron chi connectivity index (χ1n) is 5.17. The summed E-state index contributed by atoms with van der Waals surface area (Å²) in [6.45, 7) is 3.82. The number of halogens is 2. The number of nitrogens with one attached hydrogen (secondary N) is 1. The number of hydrogen-bond acceptors (Lipinski definition) is 3. The second kappa shape index (κ2) is 5.38. The quantitative estimate of drug-likeness (QED) is 0.818. The Kier molecular flexibility index (Phi) is 4.04. The number of rotatable bonds is 2. The first-order chi connectivity index (χ1) is 8.49. The van der Waals surface area contributed by atoms with Crippen LogP contribution in [0.5, 0.6) is 0 Å². The van der Waals surface area contributed by atoms with Crippen molar-refractivity contribution in [2.45, 2.75) is 13.8 Å². The van der Waals surface area contributed by atoms with Gasteiger partial charge in [0, 0.05) is 6.20 Å². The van der Waals surface area contributed by atoms with E-state index in [1.54, 1.807) is 12.3 Å². The Morgan fingerprint density at radius 1 is 1.44 bits per heavy atom. The smallest absolute Gasteiger partial charge is 0.265 e. The van der Waals surface area contributed by atoms with Crippen LogP contribution in [0.15, 0.2) is 22.1 Å². The third kappa shape index (κ3) is 2.74. The maximum Gasteiger partial charge on any atom is 0.265 e. The van der Waals surface area contributed by atoms with Crippen molar-refractivity contribution in [3.8, 4) is 0 Å². The number of pyridine rings is 1. The van der Waals surface area contributed by atoms with Crippen LogP contribution in [0, 0.1) is 13.8 Å². The fraction of sp³-hybridized carbons (Fsp3) is 0.167. The van der Waals surface area contributed by atoms with E-state index in [0.717, 1.165) is 14.9 Å². The molecule has 18 heavy (non-hydrogen) atoms. The summed E-state index contributed by atoms with van der Waals surface area (Å²) in [5, 5.41) is 3.09. The Labute approximate surface area is 122 Å². The molecule has 0 bridgehead atoms. The minimum Gasteiger partial charge on any atom is -0.318 e. The van der Waals surface area contributed by atoms with Crippen LogP contribution in [0.4, 0.5) is 5.69 Å². The summed E-state index contributed by atoms with van der Waals surface area (Å²) in [6.07, 6.45) is 1.61. The Hall–Kier alpha value is -0.910. The number of thiophene rings is 1. The highest BCUT2D eigenvalue weighted by Gasteiger charge is 2.14. The molecule has 0 aliphatic heterocycles. The summed E-state index contributed by atoms with van der Waals surface area (Å²) in [5.41, 5.74) is 2.49. The third-order valence-corrected chi connectivity index (χ3v) is 4.85. The van der Waals surface area contributed by atoms with Crippen molar-refractivity contribution in [2.24, 2.45) is 0 Å². The maximum absolute atomic E-state index is 12.1. The van der Waals surface area contributed by atoms with Gasteiger partial charge in [0.2, 0.25) is 0 Å². The standard InChI is InChI=1S/C12H10BrClN2OS/c1-6-3-4-15-11(14)9(6)16-12(17)8-5-7(2)10(13)18-8/h3-5H,1-2H3,(H,16,17). The summed E-state index contributed by atoms with van der Waals surface area (Å²) in [7, 11) is 0. The van der Waals surface area contributed by atoms with E-state index in [2.05, 4.69) is 26.2 Å². The van der Waals surface area contributed by atoms with Crippen molar-refractivity contribution in [1.29, 1.82) is 0 Å². The highest BCUT2D eigenvalue weighted by molar-refractivity contribution is 9.11. The average Bonchev–Trinajstić information content (AvgIpc) is 2.64. The number of hydrogen-bond donors (Lipinski definition) is 1. The summed E-state index contributed by atoms with van der Waals surface area (Å²) in [6, 6.07) is 3.64. The number of carbonyl (C=O) groups excluding carboxylic acids is 1. The summed E-state index contributed by atoms with van der Waals surface area (Å²) in [5.74, 6) is -0.174. The van der Waals surface area contributed by atoms with Gasteiger partial charge in [-0.3, -0.25) is 4.79 Å². The predicted octanol–water partition coefficient (Wildman–Crippen LogP) is 4.43. The lowest BCUT2D eigenvalue weighted by Crippen LogP contribution is -2.12. The first-order valence-corrected chi connectivity index (χ1v) is 7.16. The fourth-order valence-electron chi connectivity index (χ4n) is 1.42. The third-order valence-electron chi connectivity index (χ3n) is 2.43. The van der Waals surface area contributed by atoms with E-state index in [-0.39, 0.29) is 5.91 Å². The van der Waals surface area contributed by atoms with E-state index in [1.165, 1.54) is 11.3 Å². The number of anilines is 1. The van der Waals surface area contributed by atoms with Crippen LogP contribution in [0.1, 0.15) is 20.8 Å². The predicted molar refractivity (Wildman–Crippen MR) is 78.7 cm³/mol. The van der Waals surface area contributed by atoms with Crippen molar-refractivity contribution >= 4 is 50.5 Å². The van der Waals surface area contributed by atoms with Crippen LogP contribution in [-0.4, -0.2) is 10.9 Å². The second-order valence-corrected chi connectivity index (χ2v) is 6.54. The molecule has 0 fully saturated rings. The van der Waals surface area contributed by atoms with Crippen LogP contribution in [0.25, 0.3) is 0 Å². The van der Waals surface area contributed by atoms with Crippen molar-refractivity contribution < 1.29 is 4.79 Å². The first kappa shape index (κ1) is 13.5. The van der Waals surface area contributed by atoms with Crippen molar-refractivity contribution in [3.63, 3.8) is 0 Å². The molecular weight excluding hydrogens is 336 g/mol. The van der Waals surface area contributed by atoms with Gasteiger partial charge in [0.05, 0.1) is 14.4 Å². The average molecular weight is 346 g/mol. The normalized spacial score (nSPS) is 10.4. The molecule has 2 heterocycles. The highest BCUT2D eigenvalue weighted by atomic mass is 79.9. The maximum atomic E-state index is 12.1. The zero-order chi connectivity index (χ0) is 13.3. The molecule has 0 unspecified atom stereocenters. The molecule has 94 valence electrons. The van der Waals surface area contributed by atoms with Crippen LogP contribution < -0.4 is 5.32 Å². The number of aromatic nitrogens is 1. The van der Waals surface area contributed by atoms with Gasteiger partial charge in [0.15, 0.2) is 5.15 Å². The highest BCUT2D eigenvalue weighted by Crippen LogP contribution is 2.29. The fourth-order valence-corrected chi connectivity index (χ4v) is 3.10. The minimum atomic E-state index is -0.174. The van der Waals surface area contributed by atoms with Gasteiger partial charge in [-0.25, -0.2) is 4.98 Å². The van der Waals surface area contributed by atoms with Crippen LogP contribution in [-0.2, 0) is 0 Å². The van der Waals surface area contributed by atoms with Gasteiger partial charge in [0.25, 0.3) is 5.91 Å². The number of aryl methyl sites for hydroxylation is 2. The molecule has 3 nitrogen and oxygen atoms in total. The number of amides is 1. The molecule has 2 rings (SSSR count). The monoisotopic (exact) mass is 344 g/mol. The molecule has 0 spiro atoms. The molecule has 0 aromatic carbocycles. The summed E-state index contributed by atoms with van der Waals surface area (Å²) < 4.78 is 0.960. The Bertz CT molecular complexity index is 572. The molecule has 0 aliphatic rings. The molecule has 0 saturated carbocycles. The van der Waals surface area contributed by atoms with E-state index in [1.807, 2.05) is 19.9 Å². The lowest BCUT2D eigenvalue weighted by molar-refractivity contribution is 0.103. The zero-order valence-corrected chi connectivity index (χ0v) is 12.9. The van der Waals surface area contributed by atoms with Gasteiger partial charge >= 0.3 is 0 Å². The second-order valence-electron chi connectivity index (χ2n) is 3.82. The number of carbonyl (C=O) groups is 1. The van der Waals surface area contributed by atoms with Crippen molar-refractivity contribution in [2.75, 3.05) is 5.32 Å². The van der Waals surface area contributed by atoms with Gasteiger partial charge in [-0.2, -0.15) is 0 Å². The molecular formula is C12H10BrClN2OS. The topological polar surface area (TPSA) is 42.0 Å². The van der Waals surface area contributed by atoms with Crippen LogP contribution in [0.2, 0.25) is 5.15 Å². The van der Waals surface area contributed by atoms with Gasteiger partial charge in [-0.05, 0) is 53.0 Å². The van der Waals surface area contributed by atoms with Crippen LogP contribution in [0.3, 0.4) is 0 Å². The van der Waals surface area contributed by atoms with E-state index in [0.29, 0.717) is 15.7 Å². The SMILES string of the molecule is Cc1cc(C(=O)Nc2c(C)ccnc2Cl)sc1Br. The lowest BCUT2D eigenvalue weighted by atomic mass is 10.2. The molecule has 0 aliphatic carbocycles.